The molecule has 0 spiro atoms. The molecule has 0 aliphatic heterocycles. The van der Waals surface area contributed by atoms with Gasteiger partial charge in [0.05, 0.1) is 5.25 Å². The van der Waals surface area contributed by atoms with E-state index in [1.807, 2.05) is 0 Å². The van der Waals surface area contributed by atoms with Gasteiger partial charge in [0, 0.05) is 0 Å². The van der Waals surface area contributed by atoms with Crippen molar-refractivity contribution in [3.05, 3.63) is 0 Å². The molecule has 4 nitrogen and oxygen atoms in total. The number of carboxylic acid groups (broad SMARTS) is 1. The number of halogens is 1. The lowest BCUT2D eigenvalue weighted by Crippen LogP contribution is -2.33. The first-order valence-electron chi connectivity index (χ1n) is 2.71. The molecule has 6 heteroatoms. The molecule has 0 bridgehead atoms. The van der Waals surface area contributed by atoms with Crippen LogP contribution in [0.15, 0.2) is 0 Å². The van der Waals surface area contributed by atoms with Crippen molar-refractivity contribution in [3.63, 3.8) is 0 Å². The molecule has 0 aromatic rings. The van der Waals surface area contributed by atoms with Gasteiger partial charge in [-0.25, -0.2) is 0 Å². The van der Waals surface area contributed by atoms with Gasteiger partial charge in [-0.15, -0.1) is 12.4 Å². The van der Waals surface area contributed by atoms with Gasteiger partial charge in [0.1, 0.15) is 6.54 Å². The molecule has 1 atom stereocenters. The molecular formula is C5H10ClNO3S. The van der Waals surface area contributed by atoms with Crippen molar-refractivity contribution in [1.82, 2.24) is 5.32 Å². The van der Waals surface area contributed by atoms with Crippen LogP contribution in [0.4, 0.5) is 0 Å². The lowest BCUT2D eigenvalue weighted by Gasteiger charge is -2.02. The number of hydrogen-bond donors (Lipinski definition) is 3. The summed E-state index contributed by atoms with van der Waals surface area (Å²) < 4.78 is 0. The summed E-state index contributed by atoms with van der Waals surface area (Å²) in [6.07, 6.45) is 0. The fourth-order valence-electron chi connectivity index (χ4n) is 0.310. The minimum atomic E-state index is -1.05. The van der Waals surface area contributed by atoms with Crippen LogP contribution in [-0.2, 0) is 9.59 Å². The number of carbonyl (C=O) groups is 2. The summed E-state index contributed by atoms with van der Waals surface area (Å²) >= 11 is 3.79. The van der Waals surface area contributed by atoms with Crippen LogP contribution in [0.2, 0.25) is 0 Å². The van der Waals surface area contributed by atoms with Gasteiger partial charge in [-0.1, -0.05) is 0 Å². The number of rotatable bonds is 3. The summed E-state index contributed by atoms with van der Waals surface area (Å²) in [5.41, 5.74) is 0. The van der Waals surface area contributed by atoms with Gasteiger partial charge in [0.2, 0.25) is 5.91 Å². The molecule has 0 aromatic heterocycles. The smallest absolute Gasteiger partial charge is 0.322 e. The standard InChI is InChI=1S/C5H9NO3S.ClH/c1-3(10)5(9)6-2-4(7)8;/h3,10H,2H2,1H3,(H,6,9)(H,7,8);1H. The topological polar surface area (TPSA) is 66.4 Å². The third-order valence-corrected chi connectivity index (χ3v) is 1.03. The third-order valence-electron chi connectivity index (χ3n) is 0.793. The number of amides is 1. The Morgan fingerprint density at radius 1 is 1.64 bits per heavy atom. The number of aliphatic carboxylic acids is 1. The van der Waals surface area contributed by atoms with Crippen molar-refractivity contribution in [2.45, 2.75) is 12.2 Å². The molecule has 1 amide bonds. The van der Waals surface area contributed by atoms with Crippen LogP contribution in [0.3, 0.4) is 0 Å². The Balaban J connectivity index is 0. The predicted octanol–water partition coefficient (Wildman–Crippen LogP) is -0.0727. The molecule has 2 N–H and O–H groups in total. The van der Waals surface area contributed by atoms with Gasteiger partial charge in [0.25, 0.3) is 0 Å². The molecule has 0 aliphatic carbocycles. The van der Waals surface area contributed by atoms with E-state index in [0.717, 1.165) is 0 Å². The van der Waals surface area contributed by atoms with E-state index in [2.05, 4.69) is 17.9 Å². The van der Waals surface area contributed by atoms with Gasteiger partial charge in [-0.05, 0) is 6.92 Å². The Morgan fingerprint density at radius 2 is 2.09 bits per heavy atom. The van der Waals surface area contributed by atoms with Gasteiger partial charge in [-0.3, -0.25) is 9.59 Å². The van der Waals surface area contributed by atoms with Gasteiger partial charge in [0.15, 0.2) is 0 Å². The average Bonchev–Trinajstić information content (AvgIpc) is 1.82. The van der Waals surface area contributed by atoms with E-state index in [1.165, 1.54) is 0 Å². The first-order chi connectivity index (χ1) is 4.54. The monoisotopic (exact) mass is 199 g/mol. The van der Waals surface area contributed by atoms with Crippen LogP contribution >= 0.6 is 25.0 Å². The average molecular weight is 200 g/mol. The number of thiol groups is 1. The summed E-state index contributed by atoms with van der Waals surface area (Å²) in [7, 11) is 0. The molecule has 66 valence electrons. The van der Waals surface area contributed by atoms with Crippen LogP contribution in [0.5, 0.6) is 0 Å². The highest BCUT2D eigenvalue weighted by Crippen LogP contribution is 1.89. The molecule has 0 saturated carbocycles. The minimum absolute atomic E-state index is 0. The predicted molar refractivity (Wildman–Crippen MR) is 46.3 cm³/mol. The van der Waals surface area contributed by atoms with Crippen molar-refractivity contribution in [2.75, 3.05) is 6.54 Å². The quantitative estimate of drug-likeness (QED) is 0.558. The van der Waals surface area contributed by atoms with E-state index < -0.39 is 11.2 Å². The van der Waals surface area contributed by atoms with Gasteiger partial charge < -0.3 is 10.4 Å². The normalized spacial score (nSPS) is 11.1. The van der Waals surface area contributed by atoms with E-state index >= 15 is 0 Å². The third kappa shape index (κ3) is 7.48. The van der Waals surface area contributed by atoms with E-state index in [9.17, 15) is 9.59 Å². The number of nitrogens with one attached hydrogen (secondary N) is 1. The van der Waals surface area contributed by atoms with E-state index in [4.69, 9.17) is 5.11 Å². The first kappa shape index (κ1) is 13.2. The second-order valence-electron chi connectivity index (χ2n) is 1.79. The highest BCUT2D eigenvalue weighted by atomic mass is 35.5. The highest BCUT2D eigenvalue weighted by Gasteiger charge is 2.07. The Morgan fingerprint density at radius 3 is 2.36 bits per heavy atom. The Kier molecular flexibility index (Phi) is 7.55. The lowest BCUT2D eigenvalue weighted by atomic mass is 10.4. The zero-order chi connectivity index (χ0) is 8.15. The Hall–Kier alpha value is -0.420. The molecule has 0 radical (unpaired) electrons. The van der Waals surface area contributed by atoms with Crippen molar-refractivity contribution >= 4 is 36.9 Å². The van der Waals surface area contributed by atoms with E-state index in [1.54, 1.807) is 6.92 Å². The number of hydrogen-bond acceptors (Lipinski definition) is 3. The molecule has 0 heterocycles. The molecule has 0 aromatic carbocycles. The fraction of sp³-hybridized carbons (Fsp3) is 0.600. The zero-order valence-corrected chi connectivity index (χ0v) is 7.61. The minimum Gasteiger partial charge on any atom is -0.480 e. The summed E-state index contributed by atoms with van der Waals surface area (Å²) in [6, 6.07) is 0. The SMILES string of the molecule is CC(S)C(=O)NCC(=O)O.Cl. The van der Waals surface area contributed by atoms with Gasteiger partial charge in [-0.2, -0.15) is 12.6 Å². The van der Waals surface area contributed by atoms with Crippen LogP contribution < -0.4 is 5.32 Å². The maximum Gasteiger partial charge on any atom is 0.322 e. The molecule has 0 fully saturated rings. The second kappa shape index (κ2) is 6.30. The summed E-state index contributed by atoms with van der Waals surface area (Å²) in [4.78, 5) is 20.5. The summed E-state index contributed by atoms with van der Waals surface area (Å²) in [6.45, 7) is 1.23. The maximum atomic E-state index is 10.6. The fourth-order valence-corrected chi connectivity index (χ4v) is 0.402. The molecule has 0 aliphatic rings. The Labute approximate surface area is 76.2 Å². The molecule has 1 unspecified atom stereocenters. The second-order valence-corrected chi connectivity index (χ2v) is 2.56. The Bertz CT molecular complexity index is 151. The van der Waals surface area contributed by atoms with Crippen LogP contribution in [0.1, 0.15) is 6.92 Å². The number of carboxylic acids is 1. The van der Waals surface area contributed by atoms with E-state index in [-0.39, 0.29) is 24.9 Å². The van der Waals surface area contributed by atoms with Crippen LogP contribution in [-0.4, -0.2) is 28.8 Å². The number of carbonyl (C=O) groups excluding carboxylic acids is 1. The lowest BCUT2D eigenvalue weighted by molar-refractivity contribution is -0.137. The van der Waals surface area contributed by atoms with Crippen molar-refractivity contribution < 1.29 is 14.7 Å². The molecule has 0 saturated heterocycles. The summed E-state index contributed by atoms with van der Waals surface area (Å²) in [5.74, 6) is -1.42. The van der Waals surface area contributed by atoms with Crippen molar-refractivity contribution in [1.29, 1.82) is 0 Å². The molecule has 0 rings (SSSR count). The van der Waals surface area contributed by atoms with Crippen molar-refractivity contribution in [3.8, 4) is 0 Å². The van der Waals surface area contributed by atoms with Crippen LogP contribution in [0, 0.1) is 0 Å². The summed E-state index contributed by atoms with van der Waals surface area (Å²) in [5, 5.41) is 9.81. The highest BCUT2D eigenvalue weighted by molar-refractivity contribution is 7.81. The van der Waals surface area contributed by atoms with Gasteiger partial charge >= 0.3 is 5.97 Å². The largest absolute Gasteiger partial charge is 0.480 e. The van der Waals surface area contributed by atoms with Crippen molar-refractivity contribution in [2.24, 2.45) is 0 Å². The van der Waals surface area contributed by atoms with Crippen LogP contribution in [0.25, 0.3) is 0 Å². The molecule has 11 heavy (non-hydrogen) atoms. The first-order valence-corrected chi connectivity index (χ1v) is 3.23. The maximum absolute atomic E-state index is 10.6. The zero-order valence-electron chi connectivity index (χ0n) is 5.90. The van der Waals surface area contributed by atoms with E-state index in [0.29, 0.717) is 0 Å². The molecular weight excluding hydrogens is 190 g/mol.